The normalized spacial score (nSPS) is 11.9. The smallest absolute Gasteiger partial charge is 1.00 e. The van der Waals surface area contributed by atoms with E-state index in [0.29, 0.717) is 17.3 Å². The second-order valence-corrected chi connectivity index (χ2v) is 9.12. The van der Waals surface area contributed by atoms with Gasteiger partial charge in [0.2, 0.25) is 0 Å². The molecule has 0 saturated carbocycles. The molecule has 2 N–H and O–H groups in total. The van der Waals surface area contributed by atoms with Gasteiger partial charge in [-0.05, 0) is 42.3 Å². The summed E-state index contributed by atoms with van der Waals surface area (Å²) in [5, 5.41) is 3.53. The van der Waals surface area contributed by atoms with Crippen molar-refractivity contribution < 1.29 is 48.6 Å². The van der Waals surface area contributed by atoms with Crippen molar-refractivity contribution in [2.75, 3.05) is 4.72 Å². The van der Waals surface area contributed by atoms with Gasteiger partial charge in [-0.1, -0.05) is 55.5 Å². The number of fused-ring (bicyclic) bond motifs is 1. The fourth-order valence-corrected chi connectivity index (χ4v) is 4.89. The third-order valence-corrected chi connectivity index (χ3v) is 6.67. The maximum atomic E-state index is 14.0. The Hall–Kier alpha value is -2.78. The van der Waals surface area contributed by atoms with Gasteiger partial charge in [-0.15, -0.1) is 0 Å². The molecular weight excluding hydrogens is 464 g/mol. The van der Waals surface area contributed by atoms with E-state index in [-0.39, 0.29) is 53.2 Å². The fourth-order valence-electron chi connectivity index (χ4n) is 3.63. The zero-order valence-corrected chi connectivity index (χ0v) is 21.6. The first kappa shape index (κ1) is 25.8. The number of para-hydroxylation sites is 1. The van der Waals surface area contributed by atoms with E-state index in [1.807, 2.05) is 37.3 Å². The Bertz CT molecular complexity index is 1420. The summed E-state index contributed by atoms with van der Waals surface area (Å²) in [6.07, 6.45) is 2.11. The molecule has 1 atom stereocenters. The molecule has 0 aliphatic rings. The molecule has 1 heterocycles. The van der Waals surface area contributed by atoms with Crippen LogP contribution in [0.5, 0.6) is 0 Å². The number of carbonyl (C=O) groups is 1. The van der Waals surface area contributed by atoms with Gasteiger partial charge in [-0.3, -0.25) is 14.5 Å². The van der Waals surface area contributed by atoms with Crippen molar-refractivity contribution >= 4 is 32.5 Å². The molecule has 0 radical (unpaired) electrons. The average molecular weight is 488 g/mol. The molecule has 170 valence electrons. The molecule has 4 rings (SSSR count). The number of nitrogens with one attached hydrogen (secondary N) is 2. The van der Waals surface area contributed by atoms with Crippen molar-refractivity contribution in [3.63, 3.8) is 0 Å². The Kier molecular flexibility index (Phi) is 8.43. The van der Waals surface area contributed by atoms with Crippen molar-refractivity contribution in [3.05, 3.63) is 102 Å². The Morgan fingerprint density at radius 2 is 1.76 bits per heavy atom. The monoisotopic (exact) mass is 487 g/mol. The molecule has 34 heavy (non-hydrogen) atoms. The van der Waals surface area contributed by atoms with Gasteiger partial charge < -0.3 is 6.74 Å². The summed E-state index contributed by atoms with van der Waals surface area (Å²) in [6.45, 7) is 1.92. The van der Waals surface area contributed by atoms with E-state index >= 15 is 0 Å². The summed E-state index contributed by atoms with van der Waals surface area (Å²) in [5.41, 5.74) is 1.07. The minimum Gasteiger partial charge on any atom is -1.00 e. The van der Waals surface area contributed by atoms with Gasteiger partial charge in [0.1, 0.15) is 10.7 Å². The molecule has 0 aliphatic carbocycles. The minimum atomic E-state index is -4.11. The zero-order valence-electron chi connectivity index (χ0n) is 19.8. The summed E-state index contributed by atoms with van der Waals surface area (Å²) in [6, 6.07) is 20.7. The summed E-state index contributed by atoms with van der Waals surface area (Å²) in [5.74, 6) is -1.23. The number of halogens is 1. The number of aromatic nitrogens is 1. The second kappa shape index (κ2) is 11.1. The van der Waals surface area contributed by atoms with Gasteiger partial charge in [0.25, 0.3) is 15.9 Å². The number of hydrogen-bond donors (Lipinski definition) is 2. The van der Waals surface area contributed by atoms with Gasteiger partial charge >= 0.3 is 29.6 Å². The van der Waals surface area contributed by atoms with Gasteiger partial charge in [0.05, 0.1) is 22.8 Å². The maximum absolute atomic E-state index is 14.0. The standard InChI is InChI=1S/C25H22FN3O3S.Na.H/c1-2-21(17-8-4-3-5-9-17)28-25(30)20-16-19(26)13-14-22(20)29-33(31,32)23-12-6-10-18-11-7-15-27-24(18)23;;/h3-16,21,29H,2H2,1H3,(H,28,30);;/q;+1;-1. The third kappa shape index (κ3) is 5.64. The van der Waals surface area contributed by atoms with Gasteiger partial charge in [-0.25, -0.2) is 12.8 Å². The predicted octanol–water partition coefficient (Wildman–Crippen LogP) is 2.17. The Balaban J connectivity index is 0.00000216. The number of rotatable bonds is 7. The molecule has 6 nitrogen and oxygen atoms in total. The van der Waals surface area contributed by atoms with Crippen molar-refractivity contribution in [2.24, 2.45) is 0 Å². The van der Waals surface area contributed by atoms with E-state index in [1.54, 1.807) is 24.3 Å². The molecule has 3 aromatic carbocycles. The number of sulfonamides is 1. The molecule has 1 unspecified atom stereocenters. The molecule has 0 fully saturated rings. The molecule has 4 aromatic rings. The third-order valence-electron chi connectivity index (χ3n) is 5.27. The number of benzene rings is 3. The zero-order chi connectivity index (χ0) is 23.4. The number of carbonyl (C=O) groups excluding carboxylic acids is 1. The Labute approximate surface area is 221 Å². The molecular formula is C25H23FN3NaO3S. The first-order valence-electron chi connectivity index (χ1n) is 10.4. The topological polar surface area (TPSA) is 88.2 Å². The van der Waals surface area contributed by atoms with Gasteiger partial charge in [-0.2, -0.15) is 0 Å². The van der Waals surface area contributed by atoms with Crippen LogP contribution in [0.2, 0.25) is 0 Å². The van der Waals surface area contributed by atoms with Crippen molar-refractivity contribution in [1.82, 2.24) is 10.3 Å². The maximum Gasteiger partial charge on any atom is 1.00 e. The van der Waals surface area contributed by atoms with Crippen LogP contribution in [0.4, 0.5) is 10.1 Å². The fraction of sp³-hybridized carbons (Fsp3) is 0.120. The number of hydrogen-bond acceptors (Lipinski definition) is 4. The van der Waals surface area contributed by atoms with Crippen LogP contribution in [-0.4, -0.2) is 19.3 Å². The molecule has 9 heteroatoms. The molecule has 1 aromatic heterocycles. The molecule has 1 amide bonds. The van der Waals surface area contributed by atoms with Gasteiger partial charge in [0, 0.05) is 11.6 Å². The van der Waals surface area contributed by atoms with Crippen LogP contribution in [0.1, 0.15) is 36.7 Å². The first-order chi connectivity index (χ1) is 15.9. The summed E-state index contributed by atoms with van der Waals surface area (Å²) in [4.78, 5) is 17.2. The second-order valence-electron chi connectivity index (χ2n) is 7.47. The first-order valence-corrected chi connectivity index (χ1v) is 11.9. The van der Waals surface area contributed by atoms with Crippen LogP contribution < -0.4 is 39.6 Å². The number of pyridine rings is 1. The summed E-state index contributed by atoms with van der Waals surface area (Å²) >= 11 is 0. The van der Waals surface area contributed by atoms with Crippen LogP contribution in [-0.2, 0) is 10.0 Å². The van der Waals surface area contributed by atoms with Crippen molar-refractivity contribution in [3.8, 4) is 0 Å². The number of anilines is 1. The van der Waals surface area contributed by atoms with Crippen LogP contribution in [0, 0.1) is 5.82 Å². The van der Waals surface area contributed by atoms with Gasteiger partial charge in [0.15, 0.2) is 0 Å². The summed E-state index contributed by atoms with van der Waals surface area (Å²) in [7, 11) is -4.11. The molecule has 0 spiro atoms. The largest absolute Gasteiger partial charge is 1.00 e. The van der Waals surface area contributed by atoms with Crippen molar-refractivity contribution in [1.29, 1.82) is 0 Å². The van der Waals surface area contributed by atoms with E-state index in [0.717, 1.165) is 17.7 Å². The Morgan fingerprint density at radius 3 is 2.50 bits per heavy atom. The average Bonchev–Trinajstić information content (AvgIpc) is 2.83. The van der Waals surface area contributed by atoms with E-state index in [4.69, 9.17) is 0 Å². The van der Waals surface area contributed by atoms with E-state index in [1.165, 1.54) is 18.3 Å². The van der Waals surface area contributed by atoms with Crippen LogP contribution in [0.15, 0.2) is 90.0 Å². The number of amides is 1. The van der Waals surface area contributed by atoms with Crippen LogP contribution >= 0.6 is 0 Å². The van der Waals surface area contributed by atoms with Crippen LogP contribution in [0.3, 0.4) is 0 Å². The number of nitrogens with zero attached hydrogens (tertiary/aromatic N) is 1. The predicted molar refractivity (Wildman–Crippen MR) is 127 cm³/mol. The van der Waals surface area contributed by atoms with E-state index in [9.17, 15) is 17.6 Å². The minimum absolute atomic E-state index is 0. The molecule has 0 saturated heterocycles. The Morgan fingerprint density at radius 1 is 1.03 bits per heavy atom. The quantitative estimate of drug-likeness (QED) is 0.391. The van der Waals surface area contributed by atoms with Crippen LogP contribution in [0.25, 0.3) is 10.9 Å². The van der Waals surface area contributed by atoms with Crippen molar-refractivity contribution in [2.45, 2.75) is 24.3 Å². The van der Waals surface area contributed by atoms with E-state index < -0.39 is 21.7 Å². The van der Waals surface area contributed by atoms with E-state index in [2.05, 4.69) is 15.0 Å². The summed E-state index contributed by atoms with van der Waals surface area (Å²) < 4.78 is 42.9. The molecule has 0 bridgehead atoms. The SMILES string of the molecule is CCC(NC(=O)c1cc(F)ccc1NS(=O)(=O)c1cccc2cccnc12)c1ccccc1.[H-].[Na+]. The molecule has 0 aliphatic heterocycles.